The van der Waals surface area contributed by atoms with Crippen molar-refractivity contribution in [3.05, 3.63) is 35.6 Å². The van der Waals surface area contributed by atoms with E-state index in [4.69, 9.17) is 0 Å². The van der Waals surface area contributed by atoms with Gasteiger partial charge in [-0.2, -0.15) is 0 Å². The quantitative estimate of drug-likeness (QED) is 0.622. The van der Waals surface area contributed by atoms with E-state index in [1.807, 2.05) is 6.07 Å². The van der Waals surface area contributed by atoms with Gasteiger partial charge in [-0.1, -0.05) is 12.1 Å². The maximum Gasteiger partial charge on any atom is 0.191 e. The van der Waals surface area contributed by atoms with Gasteiger partial charge in [-0.15, -0.1) is 0 Å². The molecule has 1 aliphatic carbocycles. The molecule has 0 aromatic heterocycles. The van der Waals surface area contributed by atoms with E-state index in [9.17, 15) is 4.39 Å². The molecule has 3 rings (SSSR count). The molecule has 2 fully saturated rings. The molecule has 0 spiro atoms. The monoisotopic (exact) mass is 347 g/mol. The molecule has 2 N–H and O–H groups in total. The fourth-order valence-electron chi connectivity index (χ4n) is 3.55. The third-order valence-electron chi connectivity index (χ3n) is 5.59. The Labute approximate surface area is 150 Å². The van der Waals surface area contributed by atoms with Gasteiger partial charge >= 0.3 is 0 Å². The lowest BCUT2D eigenvalue weighted by molar-refractivity contribution is 0.116. The van der Waals surface area contributed by atoms with Crippen LogP contribution >= 0.6 is 0 Å². The van der Waals surface area contributed by atoms with Crippen LogP contribution in [0.5, 0.6) is 0 Å². The molecule has 138 valence electrons. The number of benzene rings is 1. The van der Waals surface area contributed by atoms with Crippen molar-refractivity contribution in [3.63, 3.8) is 0 Å². The average Bonchev–Trinajstić information content (AvgIpc) is 3.39. The number of rotatable bonds is 5. The van der Waals surface area contributed by atoms with E-state index in [-0.39, 0.29) is 11.2 Å². The van der Waals surface area contributed by atoms with Crippen molar-refractivity contribution in [2.75, 3.05) is 53.9 Å². The van der Waals surface area contributed by atoms with E-state index in [1.54, 1.807) is 19.2 Å². The van der Waals surface area contributed by atoms with E-state index in [0.717, 1.165) is 57.1 Å². The second-order valence-electron chi connectivity index (χ2n) is 7.49. The zero-order chi connectivity index (χ0) is 17.9. The van der Waals surface area contributed by atoms with Gasteiger partial charge < -0.3 is 15.5 Å². The largest absolute Gasteiger partial charge is 0.356 e. The van der Waals surface area contributed by atoms with Crippen molar-refractivity contribution in [2.45, 2.75) is 24.3 Å². The van der Waals surface area contributed by atoms with Crippen LogP contribution in [0.3, 0.4) is 0 Å². The fraction of sp³-hybridized carbons (Fsp3) is 0.632. The molecular weight excluding hydrogens is 317 g/mol. The predicted molar refractivity (Wildman–Crippen MR) is 101 cm³/mol. The van der Waals surface area contributed by atoms with Gasteiger partial charge in [0.1, 0.15) is 5.82 Å². The Hall–Kier alpha value is -1.66. The van der Waals surface area contributed by atoms with Crippen LogP contribution in [0.15, 0.2) is 29.3 Å². The third kappa shape index (κ3) is 4.50. The Bertz CT molecular complexity index is 614. The fourth-order valence-corrected chi connectivity index (χ4v) is 3.55. The lowest BCUT2D eigenvalue weighted by atomic mass is 9.96. The van der Waals surface area contributed by atoms with Crippen LogP contribution in [0.4, 0.5) is 4.39 Å². The van der Waals surface area contributed by atoms with Crippen molar-refractivity contribution in [1.29, 1.82) is 0 Å². The van der Waals surface area contributed by atoms with Crippen molar-refractivity contribution >= 4 is 5.96 Å². The number of halogens is 1. The molecule has 1 atom stereocenters. The molecule has 0 bridgehead atoms. The van der Waals surface area contributed by atoms with Crippen LogP contribution in [0, 0.1) is 5.82 Å². The van der Waals surface area contributed by atoms with Crippen molar-refractivity contribution in [1.82, 2.24) is 20.4 Å². The van der Waals surface area contributed by atoms with Gasteiger partial charge in [-0.3, -0.25) is 9.89 Å². The molecule has 0 radical (unpaired) electrons. The molecule has 0 amide bonds. The van der Waals surface area contributed by atoms with Crippen molar-refractivity contribution in [2.24, 2.45) is 4.99 Å². The molecule has 5 nitrogen and oxygen atoms in total. The third-order valence-corrected chi connectivity index (χ3v) is 5.59. The first-order valence-corrected chi connectivity index (χ1v) is 9.12. The number of nitrogens with one attached hydrogen (secondary N) is 2. The summed E-state index contributed by atoms with van der Waals surface area (Å²) in [6.45, 7) is 4.94. The lowest BCUT2D eigenvalue weighted by Gasteiger charge is -2.38. The van der Waals surface area contributed by atoms with Crippen LogP contribution in [0.25, 0.3) is 0 Å². The Morgan fingerprint density at radius 3 is 2.76 bits per heavy atom. The number of hydrogen-bond donors (Lipinski definition) is 2. The Morgan fingerprint density at radius 1 is 1.28 bits per heavy atom. The van der Waals surface area contributed by atoms with Gasteiger partial charge in [-0.05, 0) is 44.6 Å². The molecule has 1 aliphatic heterocycles. The van der Waals surface area contributed by atoms with E-state index in [2.05, 4.69) is 39.5 Å². The van der Waals surface area contributed by atoms with Crippen LogP contribution in [0.1, 0.15) is 18.4 Å². The van der Waals surface area contributed by atoms with E-state index >= 15 is 0 Å². The summed E-state index contributed by atoms with van der Waals surface area (Å²) in [5.41, 5.74) is 1.14. The van der Waals surface area contributed by atoms with Gasteiger partial charge in [0.15, 0.2) is 5.96 Å². The summed E-state index contributed by atoms with van der Waals surface area (Å²) in [7, 11) is 6.15. The molecular formula is C19H30FN5. The number of guanidine groups is 1. The summed E-state index contributed by atoms with van der Waals surface area (Å²) in [5.74, 6) is 0.667. The maximum absolute atomic E-state index is 13.5. The van der Waals surface area contributed by atoms with Crippen LogP contribution in [-0.2, 0) is 5.41 Å². The summed E-state index contributed by atoms with van der Waals surface area (Å²) in [4.78, 5) is 9.11. The second-order valence-corrected chi connectivity index (χ2v) is 7.49. The normalized spacial score (nSPS) is 24.2. The molecule has 6 heteroatoms. The molecule has 1 saturated carbocycles. The number of piperazine rings is 1. The Kier molecular flexibility index (Phi) is 5.59. The number of aliphatic imine (C=N–C) groups is 1. The number of nitrogens with zero attached hydrogens (tertiary/aromatic N) is 3. The molecule has 1 aromatic rings. The molecule has 1 aromatic carbocycles. The Morgan fingerprint density at radius 2 is 2.08 bits per heavy atom. The number of hydrogen-bond acceptors (Lipinski definition) is 3. The summed E-state index contributed by atoms with van der Waals surface area (Å²) >= 11 is 0. The van der Waals surface area contributed by atoms with Crippen LogP contribution < -0.4 is 10.6 Å². The van der Waals surface area contributed by atoms with Crippen LogP contribution in [0.2, 0.25) is 0 Å². The standard InChI is InChI=1S/C19H30FN5/c1-21-18(22-12-17-13-24(2)9-10-25(17)3)23-14-19(7-8-19)15-5-4-6-16(20)11-15/h4-6,11,17H,7-10,12-14H2,1-3H3,(H2,21,22,23). The van der Waals surface area contributed by atoms with Gasteiger partial charge in [0.2, 0.25) is 0 Å². The predicted octanol–water partition coefficient (Wildman–Crippen LogP) is 1.27. The highest BCUT2D eigenvalue weighted by Gasteiger charge is 2.44. The highest BCUT2D eigenvalue weighted by molar-refractivity contribution is 5.79. The topological polar surface area (TPSA) is 42.9 Å². The van der Waals surface area contributed by atoms with Gasteiger partial charge in [0.25, 0.3) is 0 Å². The smallest absolute Gasteiger partial charge is 0.191 e. The second kappa shape index (κ2) is 7.70. The first kappa shape index (κ1) is 18.1. The number of likely N-dealkylation sites (N-methyl/N-ethyl adjacent to an activating group) is 2. The average molecular weight is 347 g/mol. The summed E-state index contributed by atoms with van der Waals surface area (Å²) in [6, 6.07) is 7.48. The maximum atomic E-state index is 13.5. The first-order valence-electron chi connectivity index (χ1n) is 9.12. The SMILES string of the molecule is CN=C(NCC1CN(C)CCN1C)NCC1(c2cccc(F)c2)CC1. The zero-order valence-corrected chi connectivity index (χ0v) is 15.6. The molecule has 1 saturated heterocycles. The van der Waals surface area contributed by atoms with Gasteiger partial charge in [0, 0.05) is 51.2 Å². The minimum atomic E-state index is -0.157. The zero-order valence-electron chi connectivity index (χ0n) is 15.6. The van der Waals surface area contributed by atoms with Gasteiger partial charge in [-0.25, -0.2) is 4.39 Å². The minimum absolute atomic E-state index is 0.0571. The highest BCUT2D eigenvalue weighted by Crippen LogP contribution is 2.47. The molecule has 1 heterocycles. The van der Waals surface area contributed by atoms with Gasteiger partial charge in [0.05, 0.1) is 0 Å². The van der Waals surface area contributed by atoms with E-state index < -0.39 is 0 Å². The Balaban J connectivity index is 1.51. The molecule has 1 unspecified atom stereocenters. The van der Waals surface area contributed by atoms with Crippen LogP contribution in [-0.4, -0.2) is 75.7 Å². The molecule has 25 heavy (non-hydrogen) atoms. The van der Waals surface area contributed by atoms with Crippen molar-refractivity contribution in [3.8, 4) is 0 Å². The van der Waals surface area contributed by atoms with E-state index in [0.29, 0.717) is 6.04 Å². The van der Waals surface area contributed by atoms with E-state index in [1.165, 1.54) is 6.07 Å². The summed E-state index contributed by atoms with van der Waals surface area (Å²) in [5, 5.41) is 6.89. The first-order chi connectivity index (χ1) is 12.0. The van der Waals surface area contributed by atoms with Crippen molar-refractivity contribution < 1.29 is 4.39 Å². The summed E-state index contributed by atoms with van der Waals surface area (Å²) in [6.07, 6.45) is 2.19. The highest BCUT2D eigenvalue weighted by atomic mass is 19.1. The lowest BCUT2D eigenvalue weighted by Crippen LogP contribution is -2.55. The molecule has 2 aliphatic rings. The summed E-state index contributed by atoms with van der Waals surface area (Å²) < 4.78 is 13.5. The minimum Gasteiger partial charge on any atom is -0.356 e.